The van der Waals surface area contributed by atoms with Gasteiger partial charge in [0, 0.05) is 0 Å². The van der Waals surface area contributed by atoms with Crippen molar-refractivity contribution in [2.24, 2.45) is 5.92 Å². The number of unbranched alkanes of at least 4 members (excludes halogenated alkanes) is 10. The second-order valence-electron chi connectivity index (χ2n) is 9.40. The standard InChI is InChI=1S/C28H46O4/c1-5-6-7-8-9-10-11-12-13-14-17-22-31-27(29)25-18-15-16-19-26(25)28(30)32-24(4)21-20-23(2)3/h15-16,18-19,23-24H,5-14,17,20-22H2,1-4H3. The molecule has 1 unspecified atom stereocenters. The molecule has 0 saturated heterocycles. The van der Waals surface area contributed by atoms with Gasteiger partial charge in [0.15, 0.2) is 0 Å². The fourth-order valence-electron chi connectivity index (χ4n) is 3.72. The Bertz CT molecular complexity index is 638. The molecule has 32 heavy (non-hydrogen) atoms. The minimum absolute atomic E-state index is 0.176. The maximum atomic E-state index is 12.6. The van der Waals surface area contributed by atoms with Gasteiger partial charge < -0.3 is 9.47 Å². The molecule has 4 heteroatoms. The molecule has 0 aliphatic rings. The molecule has 0 aliphatic heterocycles. The summed E-state index contributed by atoms with van der Waals surface area (Å²) in [6.45, 7) is 8.84. The molecule has 0 aromatic heterocycles. The van der Waals surface area contributed by atoms with E-state index in [1.54, 1.807) is 24.3 Å². The van der Waals surface area contributed by atoms with Crippen molar-refractivity contribution in [1.29, 1.82) is 0 Å². The van der Waals surface area contributed by atoms with Crippen LogP contribution in [0.5, 0.6) is 0 Å². The molecule has 0 radical (unpaired) electrons. The van der Waals surface area contributed by atoms with E-state index in [1.165, 1.54) is 57.8 Å². The Morgan fingerprint density at radius 3 is 1.75 bits per heavy atom. The molecule has 0 N–H and O–H groups in total. The molecule has 0 spiro atoms. The molecule has 4 nitrogen and oxygen atoms in total. The van der Waals surface area contributed by atoms with Crippen molar-refractivity contribution in [2.75, 3.05) is 6.61 Å². The van der Waals surface area contributed by atoms with Crippen LogP contribution in [0.25, 0.3) is 0 Å². The first-order valence-electron chi connectivity index (χ1n) is 12.9. The lowest BCUT2D eigenvalue weighted by atomic mass is 10.1. The average molecular weight is 447 g/mol. The summed E-state index contributed by atoms with van der Waals surface area (Å²) < 4.78 is 11.0. The maximum absolute atomic E-state index is 12.6. The lowest BCUT2D eigenvalue weighted by Gasteiger charge is -2.15. The molecule has 0 aliphatic carbocycles. The quantitative estimate of drug-likeness (QED) is 0.169. The van der Waals surface area contributed by atoms with Crippen molar-refractivity contribution >= 4 is 11.9 Å². The number of esters is 2. The number of carbonyl (C=O) groups is 2. The molecule has 0 fully saturated rings. The Hall–Kier alpha value is -1.84. The summed E-state index contributed by atoms with van der Waals surface area (Å²) in [5.41, 5.74) is 0.574. The van der Waals surface area contributed by atoms with Gasteiger partial charge in [-0.3, -0.25) is 0 Å². The molecular formula is C28H46O4. The minimum Gasteiger partial charge on any atom is -0.462 e. The van der Waals surface area contributed by atoms with E-state index < -0.39 is 11.9 Å². The number of hydrogen-bond acceptors (Lipinski definition) is 4. The topological polar surface area (TPSA) is 52.6 Å². The van der Waals surface area contributed by atoms with Gasteiger partial charge in [-0.05, 0) is 44.2 Å². The van der Waals surface area contributed by atoms with Crippen molar-refractivity contribution < 1.29 is 19.1 Å². The van der Waals surface area contributed by atoms with E-state index in [1.807, 2.05) is 6.92 Å². The highest BCUT2D eigenvalue weighted by Gasteiger charge is 2.20. The number of hydrogen-bond donors (Lipinski definition) is 0. The monoisotopic (exact) mass is 446 g/mol. The van der Waals surface area contributed by atoms with Crippen molar-refractivity contribution in [3.63, 3.8) is 0 Å². The van der Waals surface area contributed by atoms with Gasteiger partial charge in [0.2, 0.25) is 0 Å². The Labute approximate surface area is 196 Å². The van der Waals surface area contributed by atoms with Crippen LogP contribution in [0.15, 0.2) is 24.3 Å². The van der Waals surface area contributed by atoms with Crippen LogP contribution in [0.3, 0.4) is 0 Å². The summed E-state index contributed by atoms with van der Waals surface area (Å²) in [7, 11) is 0. The molecule has 1 atom stereocenters. The highest BCUT2D eigenvalue weighted by atomic mass is 16.5. The van der Waals surface area contributed by atoms with Crippen molar-refractivity contribution in [2.45, 2.75) is 117 Å². The van der Waals surface area contributed by atoms with Crippen LogP contribution in [0.2, 0.25) is 0 Å². The summed E-state index contributed by atoms with van der Waals surface area (Å²) in [5, 5.41) is 0. The van der Waals surface area contributed by atoms with Crippen molar-refractivity contribution in [1.82, 2.24) is 0 Å². The number of benzene rings is 1. The lowest BCUT2D eigenvalue weighted by Crippen LogP contribution is -2.19. The molecule has 0 saturated carbocycles. The maximum Gasteiger partial charge on any atom is 0.339 e. The summed E-state index contributed by atoms with van der Waals surface area (Å²) in [6, 6.07) is 6.77. The van der Waals surface area contributed by atoms with Gasteiger partial charge in [-0.2, -0.15) is 0 Å². The summed E-state index contributed by atoms with van der Waals surface area (Å²) in [6.07, 6.45) is 15.4. The predicted molar refractivity (Wildman–Crippen MR) is 132 cm³/mol. The van der Waals surface area contributed by atoms with Crippen LogP contribution in [0.4, 0.5) is 0 Å². The number of ether oxygens (including phenoxy) is 2. The van der Waals surface area contributed by atoms with Gasteiger partial charge in [0.25, 0.3) is 0 Å². The smallest absolute Gasteiger partial charge is 0.339 e. The molecule has 0 amide bonds. The molecule has 0 bridgehead atoms. The van der Waals surface area contributed by atoms with Crippen molar-refractivity contribution in [3.05, 3.63) is 35.4 Å². The number of carbonyl (C=O) groups excluding carboxylic acids is 2. The summed E-state index contributed by atoms with van der Waals surface area (Å²) in [5.74, 6) is -0.336. The predicted octanol–water partition coefficient (Wildman–Crippen LogP) is 8.14. The molecular weight excluding hydrogens is 400 g/mol. The highest BCUT2D eigenvalue weighted by Crippen LogP contribution is 2.16. The van der Waals surface area contributed by atoms with E-state index in [-0.39, 0.29) is 17.2 Å². The van der Waals surface area contributed by atoms with Crippen LogP contribution in [0, 0.1) is 5.92 Å². The molecule has 182 valence electrons. The molecule has 0 heterocycles. The van der Waals surface area contributed by atoms with E-state index in [0.717, 1.165) is 25.7 Å². The van der Waals surface area contributed by atoms with Gasteiger partial charge in [-0.1, -0.05) is 97.1 Å². The third-order valence-corrected chi connectivity index (χ3v) is 5.81. The van der Waals surface area contributed by atoms with Gasteiger partial charge in [-0.25, -0.2) is 9.59 Å². The summed E-state index contributed by atoms with van der Waals surface area (Å²) >= 11 is 0. The second-order valence-corrected chi connectivity index (χ2v) is 9.40. The van der Waals surface area contributed by atoms with Gasteiger partial charge in [-0.15, -0.1) is 0 Å². The zero-order valence-corrected chi connectivity index (χ0v) is 21.0. The van der Waals surface area contributed by atoms with Gasteiger partial charge in [0.05, 0.1) is 23.8 Å². The summed E-state index contributed by atoms with van der Waals surface area (Å²) in [4.78, 5) is 25.1. The van der Waals surface area contributed by atoms with Crippen molar-refractivity contribution in [3.8, 4) is 0 Å². The Morgan fingerprint density at radius 2 is 1.22 bits per heavy atom. The zero-order chi connectivity index (χ0) is 23.6. The van der Waals surface area contributed by atoms with Gasteiger partial charge >= 0.3 is 11.9 Å². The normalized spacial score (nSPS) is 12.0. The molecule has 1 rings (SSSR count). The van der Waals surface area contributed by atoms with E-state index in [4.69, 9.17) is 9.47 Å². The second kappa shape index (κ2) is 17.7. The SMILES string of the molecule is CCCCCCCCCCCCCOC(=O)c1ccccc1C(=O)OC(C)CCC(C)C. The zero-order valence-electron chi connectivity index (χ0n) is 21.0. The molecule has 1 aromatic rings. The van der Waals surface area contributed by atoms with Crippen LogP contribution >= 0.6 is 0 Å². The Kier molecular flexibility index (Phi) is 15.6. The average Bonchev–Trinajstić information content (AvgIpc) is 2.78. The van der Waals surface area contributed by atoms with Crippen LogP contribution < -0.4 is 0 Å². The van der Waals surface area contributed by atoms with Crippen LogP contribution in [0.1, 0.15) is 132 Å². The van der Waals surface area contributed by atoms with Gasteiger partial charge in [0.1, 0.15) is 0 Å². The fraction of sp³-hybridized carbons (Fsp3) is 0.714. The Balaban J connectivity index is 2.27. The van der Waals surface area contributed by atoms with E-state index in [9.17, 15) is 9.59 Å². The molecule has 1 aromatic carbocycles. The van der Waals surface area contributed by atoms with E-state index >= 15 is 0 Å². The number of rotatable bonds is 18. The third-order valence-electron chi connectivity index (χ3n) is 5.81. The first-order valence-corrected chi connectivity index (χ1v) is 12.9. The van der Waals surface area contributed by atoms with E-state index in [2.05, 4.69) is 20.8 Å². The highest BCUT2D eigenvalue weighted by molar-refractivity contribution is 6.03. The fourth-order valence-corrected chi connectivity index (χ4v) is 3.72. The third kappa shape index (κ3) is 12.9. The Morgan fingerprint density at radius 1 is 0.719 bits per heavy atom. The lowest BCUT2D eigenvalue weighted by molar-refractivity contribution is 0.0302. The van der Waals surface area contributed by atoms with E-state index in [0.29, 0.717) is 12.5 Å². The first kappa shape index (κ1) is 28.2. The first-order chi connectivity index (χ1) is 15.5. The minimum atomic E-state index is -0.455. The largest absolute Gasteiger partial charge is 0.462 e. The van der Waals surface area contributed by atoms with Crippen LogP contribution in [-0.2, 0) is 9.47 Å². The van der Waals surface area contributed by atoms with Crippen LogP contribution in [-0.4, -0.2) is 24.6 Å².